The smallest absolute Gasteiger partial charge is 0.0329 e. The normalized spacial score (nSPS) is 17.9. The van der Waals surface area contributed by atoms with Gasteiger partial charge in [-0.25, -0.2) is 0 Å². The van der Waals surface area contributed by atoms with Crippen LogP contribution in [0.3, 0.4) is 0 Å². The maximum absolute atomic E-state index is 3.70. The van der Waals surface area contributed by atoms with E-state index in [-0.39, 0.29) is 0 Å². The molecule has 0 saturated heterocycles. The number of fused-ring (bicyclic) bond motifs is 1. The Morgan fingerprint density at radius 2 is 2.00 bits per heavy atom. The van der Waals surface area contributed by atoms with Gasteiger partial charge in [-0.1, -0.05) is 31.2 Å². The van der Waals surface area contributed by atoms with Gasteiger partial charge in [-0.3, -0.25) is 0 Å². The van der Waals surface area contributed by atoms with E-state index < -0.39 is 0 Å². The molecule has 1 unspecified atom stereocenters. The van der Waals surface area contributed by atoms with Gasteiger partial charge in [0.15, 0.2) is 0 Å². The van der Waals surface area contributed by atoms with E-state index in [1.165, 1.54) is 33.7 Å². The molecule has 1 aromatic heterocycles. The number of thiophene rings is 1. The van der Waals surface area contributed by atoms with Gasteiger partial charge in [-0.15, -0.1) is 11.3 Å². The van der Waals surface area contributed by atoms with Crippen molar-refractivity contribution in [2.24, 2.45) is 0 Å². The van der Waals surface area contributed by atoms with Crippen molar-refractivity contribution >= 4 is 11.3 Å². The standard InChI is InChI=1S/C16H19NS/c1-2-13-8-9-14(18-13)11-17-16-10-7-12-5-3-4-6-15(12)16/h3-6,8-9,16-17H,2,7,10-11H2,1H3. The molecule has 3 rings (SSSR count). The predicted octanol–water partition coefficient (Wildman–Crippen LogP) is 4.09. The van der Waals surface area contributed by atoms with Gasteiger partial charge in [-0.05, 0) is 42.5 Å². The molecule has 1 heterocycles. The minimum atomic E-state index is 0.549. The molecule has 94 valence electrons. The summed E-state index contributed by atoms with van der Waals surface area (Å²) in [6.45, 7) is 3.22. The third-order valence-corrected chi connectivity index (χ3v) is 4.95. The van der Waals surface area contributed by atoms with Gasteiger partial charge in [0.1, 0.15) is 0 Å². The summed E-state index contributed by atoms with van der Waals surface area (Å²) in [6, 6.07) is 13.9. The molecule has 18 heavy (non-hydrogen) atoms. The Hall–Kier alpha value is -1.12. The highest BCUT2D eigenvalue weighted by Crippen LogP contribution is 2.31. The number of benzene rings is 1. The van der Waals surface area contributed by atoms with Crippen LogP contribution in [-0.2, 0) is 19.4 Å². The van der Waals surface area contributed by atoms with E-state index >= 15 is 0 Å². The van der Waals surface area contributed by atoms with E-state index in [1.54, 1.807) is 0 Å². The third-order valence-electron chi connectivity index (χ3n) is 3.72. The molecule has 1 nitrogen and oxygen atoms in total. The molecule has 1 aliphatic rings. The lowest BCUT2D eigenvalue weighted by Gasteiger charge is -2.13. The summed E-state index contributed by atoms with van der Waals surface area (Å²) >= 11 is 1.94. The van der Waals surface area contributed by atoms with Crippen molar-refractivity contribution in [3.8, 4) is 0 Å². The largest absolute Gasteiger partial charge is 0.305 e. The monoisotopic (exact) mass is 257 g/mol. The number of aryl methyl sites for hydroxylation is 2. The molecule has 0 bridgehead atoms. The first kappa shape index (κ1) is 11.9. The molecule has 2 aromatic rings. The van der Waals surface area contributed by atoms with Gasteiger partial charge < -0.3 is 5.32 Å². The Kier molecular flexibility index (Phi) is 3.48. The fourth-order valence-electron chi connectivity index (χ4n) is 2.70. The summed E-state index contributed by atoms with van der Waals surface area (Å²) in [5, 5.41) is 3.70. The minimum absolute atomic E-state index is 0.549. The van der Waals surface area contributed by atoms with E-state index in [2.05, 4.69) is 48.6 Å². The Bertz CT molecular complexity index is 529. The Labute approximate surface area is 113 Å². The van der Waals surface area contributed by atoms with E-state index in [0.29, 0.717) is 6.04 Å². The maximum Gasteiger partial charge on any atom is 0.0329 e. The van der Waals surface area contributed by atoms with Crippen molar-refractivity contribution in [2.45, 2.75) is 38.8 Å². The molecule has 0 radical (unpaired) electrons. The van der Waals surface area contributed by atoms with Crippen LogP contribution in [0.5, 0.6) is 0 Å². The molecule has 0 saturated carbocycles. The second kappa shape index (κ2) is 5.25. The molecule has 1 N–H and O–H groups in total. The molecule has 0 aliphatic heterocycles. The maximum atomic E-state index is 3.70. The fraction of sp³-hybridized carbons (Fsp3) is 0.375. The number of nitrogens with one attached hydrogen (secondary N) is 1. The van der Waals surface area contributed by atoms with Crippen molar-refractivity contribution in [2.75, 3.05) is 0 Å². The van der Waals surface area contributed by atoms with Gasteiger partial charge in [0, 0.05) is 22.3 Å². The van der Waals surface area contributed by atoms with Crippen LogP contribution in [0, 0.1) is 0 Å². The fourth-order valence-corrected chi connectivity index (χ4v) is 3.61. The van der Waals surface area contributed by atoms with Gasteiger partial charge in [-0.2, -0.15) is 0 Å². The lowest BCUT2D eigenvalue weighted by atomic mass is 10.1. The van der Waals surface area contributed by atoms with Crippen LogP contribution in [0.4, 0.5) is 0 Å². The highest BCUT2D eigenvalue weighted by atomic mass is 32.1. The van der Waals surface area contributed by atoms with Gasteiger partial charge in [0.25, 0.3) is 0 Å². The number of hydrogen-bond donors (Lipinski definition) is 1. The molecular weight excluding hydrogens is 238 g/mol. The molecular formula is C16H19NS. The summed E-state index contributed by atoms with van der Waals surface area (Å²) in [6.07, 6.45) is 3.61. The zero-order valence-electron chi connectivity index (χ0n) is 10.8. The van der Waals surface area contributed by atoms with Crippen molar-refractivity contribution in [3.05, 3.63) is 57.3 Å². The van der Waals surface area contributed by atoms with Crippen molar-refractivity contribution in [3.63, 3.8) is 0 Å². The highest BCUT2D eigenvalue weighted by Gasteiger charge is 2.21. The second-order valence-electron chi connectivity index (χ2n) is 4.89. The topological polar surface area (TPSA) is 12.0 Å². The number of hydrogen-bond acceptors (Lipinski definition) is 2. The highest BCUT2D eigenvalue weighted by molar-refractivity contribution is 7.11. The summed E-state index contributed by atoms with van der Waals surface area (Å²) in [7, 11) is 0. The summed E-state index contributed by atoms with van der Waals surface area (Å²) in [5.41, 5.74) is 3.03. The first-order valence-corrected chi connectivity index (χ1v) is 7.57. The molecule has 0 fully saturated rings. The van der Waals surface area contributed by atoms with Crippen LogP contribution in [0.2, 0.25) is 0 Å². The summed E-state index contributed by atoms with van der Waals surface area (Å²) in [4.78, 5) is 2.94. The third kappa shape index (κ3) is 2.36. The molecule has 0 amide bonds. The molecule has 2 heteroatoms. The quantitative estimate of drug-likeness (QED) is 0.870. The second-order valence-corrected chi connectivity index (χ2v) is 6.15. The van der Waals surface area contributed by atoms with E-state index in [0.717, 1.165) is 13.0 Å². The van der Waals surface area contributed by atoms with Crippen LogP contribution in [0.1, 0.15) is 40.3 Å². The lowest BCUT2D eigenvalue weighted by Crippen LogP contribution is -2.17. The van der Waals surface area contributed by atoms with Crippen molar-refractivity contribution in [1.29, 1.82) is 0 Å². The van der Waals surface area contributed by atoms with Gasteiger partial charge in [0.05, 0.1) is 0 Å². The SMILES string of the molecule is CCc1ccc(CNC2CCc3ccccc32)s1. The van der Waals surface area contributed by atoms with Gasteiger partial charge >= 0.3 is 0 Å². The average Bonchev–Trinajstić information content (AvgIpc) is 3.03. The molecule has 1 aromatic carbocycles. The first-order chi connectivity index (χ1) is 8.86. The Balaban J connectivity index is 1.65. The zero-order valence-corrected chi connectivity index (χ0v) is 11.6. The van der Waals surface area contributed by atoms with Crippen LogP contribution in [0.25, 0.3) is 0 Å². The van der Waals surface area contributed by atoms with E-state index in [9.17, 15) is 0 Å². The van der Waals surface area contributed by atoms with Crippen LogP contribution >= 0.6 is 11.3 Å². The van der Waals surface area contributed by atoms with Crippen LogP contribution in [0.15, 0.2) is 36.4 Å². The molecule has 0 spiro atoms. The van der Waals surface area contributed by atoms with Crippen LogP contribution in [-0.4, -0.2) is 0 Å². The minimum Gasteiger partial charge on any atom is -0.305 e. The zero-order chi connectivity index (χ0) is 12.4. The average molecular weight is 257 g/mol. The molecule has 1 atom stereocenters. The lowest BCUT2D eigenvalue weighted by molar-refractivity contribution is 0.533. The van der Waals surface area contributed by atoms with Crippen LogP contribution < -0.4 is 5.32 Å². The summed E-state index contributed by atoms with van der Waals surface area (Å²) < 4.78 is 0. The van der Waals surface area contributed by atoms with Gasteiger partial charge in [0.2, 0.25) is 0 Å². The van der Waals surface area contributed by atoms with Crippen molar-refractivity contribution in [1.82, 2.24) is 5.32 Å². The van der Waals surface area contributed by atoms with E-state index in [4.69, 9.17) is 0 Å². The van der Waals surface area contributed by atoms with E-state index in [1.807, 2.05) is 11.3 Å². The predicted molar refractivity (Wildman–Crippen MR) is 78.0 cm³/mol. The van der Waals surface area contributed by atoms with Crippen molar-refractivity contribution < 1.29 is 0 Å². The number of rotatable bonds is 4. The molecule has 1 aliphatic carbocycles. The Morgan fingerprint density at radius 3 is 2.83 bits per heavy atom. The Morgan fingerprint density at radius 1 is 1.17 bits per heavy atom. The summed E-state index contributed by atoms with van der Waals surface area (Å²) in [5.74, 6) is 0. The first-order valence-electron chi connectivity index (χ1n) is 6.75.